The molecule has 0 spiro atoms. The predicted octanol–water partition coefficient (Wildman–Crippen LogP) is 9.50. The fourth-order valence-electron chi connectivity index (χ4n) is 5.74. The molecule has 2 fully saturated rings. The molecule has 0 radical (unpaired) electrons. The molecule has 0 N–H and O–H groups in total. The highest BCUT2D eigenvalue weighted by atomic mass is 32.2. The van der Waals surface area contributed by atoms with Gasteiger partial charge in [0, 0.05) is 24.2 Å². The van der Waals surface area contributed by atoms with Crippen LogP contribution in [-0.4, -0.2) is 53.4 Å². The molecular weight excluding hydrogens is 737 g/mol. The summed E-state index contributed by atoms with van der Waals surface area (Å²) in [5, 5.41) is 2.31. The molecule has 4 aromatic heterocycles. The van der Waals surface area contributed by atoms with Crippen molar-refractivity contribution in [3.05, 3.63) is 23.3 Å². The van der Waals surface area contributed by atoms with E-state index >= 15 is 0 Å². The molecule has 8 nitrogen and oxygen atoms in total. The lowest BCUT2D eigenvalue weighted by atomic mass is 9.95. The van der Waals surface area contributed by atoms with E-state index in [2.05, 4.69) is 27.7 Å². The Balaban J connectivity index is 1.21. The van der Waals surface area contributed by atoms with E-state index in [1.54, 1.807) is 55.1 Å². The topological polar surface area (TPSA) is 83.8 Å². The minimum Gasteiger partial charge on any atom is -0.480 e. The van der Waals surface area contributed by atoms with Crippen molar-refractivity contribution < 1.29 is 19.1 Å². The maximum Gasteiger partial charge on any atom is 0.285 e. The van der Waals surface area contributed by atoms with Gasteiger partial charge in [-0.1, -0.05) is 24.4 Å². The van der Waals surface area contributed by atoms with Gasteiger partial charge in [-0.2, -0.15) is 0 Å². The van der Waals surface area contributed by atoms with E-state index in [-0.39, 0.29) is 11.8 Å². The van der Waals surface area contributed by atoms with Gasteiger partial charge in [0.05, 0.1) is 28.9 Å². The lowest BCUT2D eigenvalue weighted by molar-refractivity contribution is -0.120. The van der Waals surface area contributed by atoms with Crippen molar-refractivity contribution in [3.63, 3.8) is 0 Å². The highest BCUT2D eigenvalue weighted by molar-refractivity contribution is 8.35. The Morgan fingerprint density at radius 3 is 1.41 bits per heavy atom. The van der Waals surface area contributed by atoms with E-state index in [9.17, 15) is 9.59 Å². The largest absolute Gasteiger partial charge is 0.480 e. The zero-order valence-electron chi connectivity index (χ0n) is 25.3. The second-order valence-corrected chi connectivity index (χ2v) is 19.1. The molecule has 2 saturated heterocycles. The highest BCUT2D eigenvalue weighted by Gasteiger charge is 2.43. The Morgan fingerprint density at radius 1 is 0.674 bits per heavy atom. The smallest absolute Gasteiger partial charge is 0.285 e. The minimum atomic E-state index is -0.608. The van der Waals surface area contributed by atoms with E-state index in [1.807, 2.05) is 26.0 Å². The van der Waals surface area contributed by atoms with E-state index in [0.29, 0.717) is 31.8 Å². The summed E-state index contributed by atoms with van der Waals surface area (Å²) < 4.78 is 16.7. The van der Waals surface area contributed by atoms with Gasteiger partial charge in [-0.3, -0.25) is 19.4 Å². The molecule has 4 aromatic rings. The standard InChI is InChI=1S/C30H24N4O4S8/c1-7-33-25(35)23(45-27(33)39)31-13-9-11-17(41-13)19-15(37-29(11,3)4)21-22(43-19)16-20(44-21)18-12(30(5,6)38-16)10-14(42-18)32-24-26(36)34(8-2)28(40)46-24/h9-10H,7-8H2,1-6H3. The van der Waals surface area contributed by atoms with Crippen molar-refractivity contribution in [1.29, 1.82) is 0 Å². The first-order valence-electron chi connectivity index (χ1n) is 14.3. The average Bonchev–Trinajstić information content (AvgIpc) is 3.81. The summed E-state index contributed by atoms with van der Waals surface area (Å²) in [6.07, 6.45) is 0. The first-order chi connectivity index (χ1) is 21.8. The minimum absolute atomic E-state index is 0.148. The predicted molar refractivity (Wildman–Crippen MR) is 203 cm³/mol. The summed E-state index contributed by atoms with van der Waals surface area (Å²) in [4.78, 5) is 42.6. The van der Waals surface area contributed by atoms with Crippen LogP contribution in [0, 0.1) is 0 Å². The second-order valence-electron chi connectivity index (χ2n) is 11.7. The van der Waals surface area contributed by atoms with Crippen molar-refractivity contribution in [1.82, 2.24) is 9.80 Å². The fraction of sp³-hybridized carbons (Fsp3) is 0.333. The SMILES string of the molecule is CCN1C(=O)C(=Nc2cc3c(s2)-c2sc4c5c(sc4c2OC3(C)C)-c2sc(N=C3SC(=S)N(CC)C3=O)cc2C(C)(C)O5)SC1=S. The van der Waals surface area contributed by atoms with Gasteiger partial charge in [0.1, 0.15) is 29.8 Å². The van der Waals surface area contributed by atoms with Crippen LogP contribution in [0.1, 0.15) is 52.7 Å². The Labute approximate surface area is 299 Å². The molecule has 16 heteroatoms. The summed E-state index contributed by atoms with van der Waals surface area (Å²) >= 11 is 19.7. The van der Waals surface area contributed by atoms with Gasteiger partial charge >= 0.3 is 0 Å². The Hall–Kier alpha value is -2.18. The normalized spacial score (nSPS) is 21.3. The zero-order valence-corrected chi connectivity index (χ0v) is 31.8. The van der Waals surface area contributed by atoms with Crippen LogP contribution in [0.25, 0.3) is 28.9 Å². The van der Waals surface area contributed by atoms with Crippen LogP contribution in [0.5, 0.6) is 11.5 Å². The molecule has 0 aliphatic carbocycles. The van der Waals surface area contributed by atoms with Crippen molar-refractivity contribution in [2.75, 3.05) is 13.1 Å². The number of aliphatic imine (C=N–C) groups is 2. The third-order valence-electron chi connectivity index (χ3n) is 8.02. The number of thiocarbonyl (C=S) groups is 2. The van der Waals surface area contributed by atoms with Crippen LogP contribution in [0.2, 0.25) is 0 Å². The highest BCUT2D eigenvalue weighted by Crippen LogP contribution is 2.64. The van der Waals surface area contributed by atoms with Gasteiger partial charge in [-0.15, -0.1) is 45.3 Å². The van der Waals surface area contributed by atoms with Crippen LogP contribution in [-0.2, 0) is 20.8 Å². The molecule has 0 aromatic carbocycles. The first-order valence-corrected chi connectivity index (χ1v) is 20.0. The number of carbonyl (C=O) groups excluding carboxylic acids is 2. The van der Waals surface area contributed by atoms with Gasteiger partial charge < -0.3 is 9.47 Å². The maximum atomic E-state index is 12.8. The Kier molecular flexibility index (Phi) is 7.21. The van der Waals surface area contributed by atoms with Crippen LogP contribution < -0.4 is 9.47 Å². The lowest BCUT2D eigenvalue weighted by Gasteiger charge is -2.31. The summed E-state index contributed by atoms with van der Waals surface area (Å²) in [7, 11) is 0. The zero-order chi connectivity index (χ0) is 32.4. The number of fused-ring (bicyclic) bond motifs is 9. The summed E-state index contributed by atoms with van der Waals surface area (Å²) in [6.45, 7) is 13.1. The molecule has 0 saturated carbocycles. The number of thiophene rings is 4. The summed E-state index contributed by atoms with van der Waals surface area (Å²) in [5.74, 6) is 1.41. The molecule has 0 unspecified atom stereocenters. The fourth-order valence-corrected chi connectivity index (χ4v) is 13.7. The Morgan fingerprint density at radius 2 is 1.07 bits per heavy atom. The number of ether oxygens (including phenoxy) is 2. The summed E-state index contributed by atoms with van der Waals surface area (Å²) in [6, 6.07) is 4.07. The number of carbonyl (C=O) groups is 2. The van der Waals surface area contributed by atoms with Crippen LogP contribution >= 0.6 is 93.3 Å². The molecule has 8 rings (SSSR count). The molecule has 0 bridgehead atoms. The number of thioether (sulfide) groups is 2. The number of nitrogens with zero attached hydrogens (tertiary/aromatic N) is 4. The number of hydrogen-bond acceptors (Lipinski definition) is 14. The van der Waals surface area contributed by atoms with Gasteiger partial charge in [0.25, 0.3) is 11.8 Å². The summed E-state index contributed by atoms with van der Waals surface area (Å²) in [5.41, 5.74) is 0.874. The third kappa shape index (κ3) is 4.55. The number of amides is 2. The molecule has 8 heterocycles. The molecule has 2 amide bonds. The molecule has 4 aliphatic heterocycles. The van der Waals surface area contributed by atoms with E-state index in [0.717, 1.165) is 61.5 Å². The Bertz CT molecular complexity index is 1990. The third-order valence-corrected chi connectivity index (χ3v) is 15.5. The van der Waals surface area contributed by atoms with Crippen LogP contribution in [0.15, 0.2) is 22.1 Å². The van der Waals surface area contributed by atoms with Gasteiger partial charge in [0.15, 0.2) is 21.6 Å². The molecular formula is C30H24N4O4S8. The van der Waals surface area contributed by atoms with Crippen molar-refractivity contribution in [2.24, 2.45) is 9.98 Å². The van der Waals surface area contributed by atoms with Gasteiger partial charge in [-0.05, 0) is 77.2 Å². The molecule has 0 atom stereocenters. The van der Waals surface area contributed by atoms with E-state index < -0.39 is 11.2 Å². The van der Waals surface area contributed by atoms with Crippen LogP contribution in [0.3, 0.4) is 0 Å². The molecule has 4 aliphatic rings. The van der Waals surface area contributed by atoms with Crippen molar-refractivity contribution >= 4 is 143 Å². The molecule has 46 heavy (non-hydrogen) atoms. The second kappa shape index (κ2) is 10.7. The van der Waals surface area contributed by atoms with Crippen molar-refractivity contribution in [2.45, 2.75) is 52.7 Å². The first kappa shape index (κ1) is 31.1. The monoisotopic (exact) mass is 760 g/mol. The number of hydrogen-bond donors (Lipinski definition) is 0. The van der Waals surface area contributed by atoms with Gasteiger partial charge in [-0.25, -0.2) is 9.98 Å². The number of rotatable bonds is 4. The van der Waals surface area contributed by atoms with E-state index in [1.165, 1.54) is 23.5 Å². The van der Waals surface area contributed by atoms with E-state index in [4.69, 9.17) is 43.9 Å². The average molecular weight is 761 g/mol. The quantitative estimate of drug-likeness (QED) is 0.190. The maximum absolute atomic E-state index is 12.8. The van der Waals surface area contributed by atoms with Crippen LogP contribution in [0.4, 0.5) is 10.0 Å². The van der Waals surface area contributed by atoms with Crippen molar-refractivity contribution in [3.8, 4) is 31.0 Å². The molecule has 236 valence electrons. The lowest BCUT2D eigenvalue weighted by Crippen LogP contribution is -2.29. The van der Waals surface area contributed by atoms with Gasteiger partial charge in [0.2, 0.25) is 0 Å².